The molecule has 1 aromatic carbocycles. The SMILES string of the molecule is CC(C)(C)[C@@H]1CCc2sc(C(=O)NNC(=S)Nc3ccccc3F)cc2C1. The van der Waals surface area contributed by atoms with Crippen LogP contribution in [0.4, 0.5) is 10.1 Å². The number of halogens is 1. The fourth-order valence-corrected chi connectivity index (χ4v) is 4.53. The van der Waals surface area contributed by atoms with Crippen molar-refractivity contribution < 1.29 is 9.18 Å². The van der Waals surface area contributed by atoms with Crippen molar-refractivity contribution in [2.75, 3.05) is 5.32 Å². The molecule has 0 unspecified atom stereocenters. The molecular weight excluding hydrogens is 381 g/mol. The van der Waals surface area contributed by atoms with Crippen molar-refractivity contribution in [1.29, 1.82) is 0 Å². The van der Waals surface area contributed by atoms with Gasteiger partial charge in [-0.05, 0) is 66.6 Å². The first-order chi connectivity index (χ1) is 12.7. The van der Waals surface area contributed by atoms with Gasteiger partial charge in [-0.25, -0.2) is 4.39 Å². The fraction of sp³-hybridized carbons (Fsp3) is 0.400. The molecule has 1 amide bonds. The van der Waals surface area contributed by atoms with Crippen LogP contribution in [-0.2, 0) is 12.8 Å². The van der Waals surface area contributed by atoms with Gasteiger partial charge in [0.1, 0.15) is 5.82 Å². The summed E-state index contributed by atoms with van der Waals surface area (Å²) in [4.78, 5) is 14.4. The van der Waals surface area contributed by atoms with E-state index in [1.54, 1.807) is 18.2 Å². The second-order valence-corrected chi connectivity index (χ2v) is 9.42. The van der Waals surface area contributed by atoms with Crippen molar-refractivity contribution in [3.05, 3.63) is 51.5 Å². The Kier molecular flexibility index (Phi) is 5.81. The average molecular weight is 406 g/mol. The molecule has 1 aliphatic rings. The van der Waals surface area contributed by atoms with Gasteiger partial charge in [0, 0.05) is 4.88 Å². The Morgan fingerprint density at radius 1 is 1.26 bits per heavy atom. The van der Waals surface area contributed by atoms with E-state index in [0.29, 0.717) is 10.8 Å². The first-order valence-electron chi connectivity index (χ1n) is 8.97. The number of aryl methyl sites for hydroxylation is 1. The number of amides is 1. The number of hydrogen-bond acceptors (Lipinski definition) is 3. The molecular formula is C20H24FN3OS2. The summed E-state index contributed by atoms with van der Waals surface area (Å²) in [7, 11) is 0. The van der Waals surface area contributed by atoms with Gasteiger partial charge in [-0.1, -0.05) is 32.9 Å². The largest absolute Gasteiger partial charge is 0.329 e. The van der Waals surface area contributed by atoms with Gasteiger partial charge < -0.3 is 5.32 Å². The number of carbonyl (C=O) groups excluding carboxylic acids is 1. The lowest BCUT2D eigenvalue weighted by Crippen LogP contribution is -2.43. The lowest BCUT2D eigenvalue weighted by Gasteiger charge is -2.33. The standard InChI is InChI=1S/C20H24FN3OS2/c1-20(2,3)13-8-9-16-12(10-13)11-17(27-16)18(25)23-24-19(26)22-15-7-5-4-6-14(15)21/h4-7,11,13H,8-10H2,1-3H3,(H,23,25)(H2,22,24,26)/t13-/m1/s1. The van der Waals surface area contributed by atoms with Crippen molar-refractivity contribution in [3.8, 4) is 0 Å². The number of hydrazine groups is 1. The maximum atomic E-state index is 13.6. The number of nitrogens with one attached hydrogen (secondary N) is 3. The van der Waals surface area contributed by atoms with Crippen LogP contribution in [0.2, 0.25) is 0 Å². The van der Waals surface area contributed by atoms with Crippen LogP contribution in [0.1, 0.15) is 47.3 Å². The normalized spacial score (nSPS) is 16.4. The third-order valence-corrected chi connectivity index (χ3v) is 6.38. The molecule has 0 bridgehead atoms. The Labute approximate surface area is 168 Å². The van der Waals surface area contributed by atoms with E-state index in [9.17, 15) is 9.18 Å². The van der Waals surface area contributed by atoms with Gasteiger partial charge in [-0.2, -0.15) is 0 Å². The van der Waals surface area contributed by atoms with E-state index in [1.807, 2.05) is 6.07 Å². The molecule has 27 heavy (non-hydrogen) atoms. The van der Waals surface area contributed by atoms with Crippen LogP contribution < -0.4 is 16.2 Å². The molecule has 0 aliphatic heterocycles. The van der Waals surface area contributed by atoms with E-state index in [4.69, 9.17) is 12.2 Å². The van der Waals surface area contributed by atoms with E-state index in [0.717, 1.165) is 19.3 Å². The molecule has 0 spiro atoms. The lowest BCUT2D eigenvalue weighted by atomic mass is 9.72. The summed E-state index contributed by atoms with van der Waals surface area (Å²) in [6.45, 7) is 6.82. The Balaban J connectivity index is 1.57. The van der Waals surface area contributed by atoms with Crippen molar-refractivity contribution in [2.45, 2.75) is 40.0 Å². The molecule has 7 heteroatoms. The molecule has 3 N–H and O–H groups in total. The van der Waals surface area contributed by atoms with Crippen LogP contribution in [-0.4, -0.2) is 11.0 Å². The molecule has 0 fully saturated rings. The highest BCUT2D eigenvalue weighted by molar-refractivity contribution is 7.80. The molecule has 1 aliphatic carbocycles. The number of thiocarbonyl (C=S) groups is 1. The summed E-state index contributed by atoms with van der Waals surface area (Å²) < 4.78 is 13.6. The zero-order chi connectivity index (χ0) is 19.6. The minimum absolute atomic E-state index is 0.127. The summed E-state index contributed by atoms with van der Waals surface area (Å²) in [5.74, 6) is -0.0158. The Morgan fingerprint density at radius 3 is 2.70 bits per heavy atom. The topological polar surface area (TPSA) is 53.2 Å². The highest BCUT2D eigenvalue weighted by Gasteiger charge is 2.30. The van der Waals surface area contributed by atoms with Crippen molar-refractivity contribution in [3.63, 3.8) is 0 Å². The van der Waals surface area contributed by atoms with Gasteiger partial charge in [0.15, 0.2) is 5.11 Å². The van der Waals surface area contributed by atoms with Crippen molar-refractivity contribution >= 4 is 40.3 Å². The van der Waals surface area contributed by atoms with Crippen molar-refractivity contribution in [1.82, 2.24) is 10.9 Å². The molecule has 1 atom stereocenters. The van der Waals surface area contributed by atoms with E-state index < -0.39 is 5.82 Å². The van der Waals surface area contributed by atoms with Crippen LogP contribution >= 0.6 is 23.6 Å². The van der Waals surface area contributed by atoms with Gasteiger partial charge >= 0.3 is 0 Å². The third kappa shape index (κ3) is 4.84. The Morgan fingerprint density at radius 2 is 2.00 bits per heavy atom. The molecule has 1 aromatic heterocycles. The number of hydrogen-bond donors (Lipinski definition) is 3. The molecule has 1 heterocycles. The number of carbonyl (C=O) groups is 1. The Bertz CT molecular complexity index is 857. The maximum absolute atomic E-state index is 13.6. The van der Waals surface area contributed by atoms with E-state index in [2.05, 4.69) is 36.9 Å². The number of thiophene rings is 1. The first kappa shape index (κ1) is 19.8. The van der Waals surface area contributed by atoms with Gasteiger partial charge in [-0.15, -0.1) is 11.3 Å². The molecule has 4 nitrogen and oxygen atoms in total. The highest BCUT2D eigenvalue weighted by atomic mass is 32.1. The summed E-state index contributed by atoms with van der Waals surface area (Å²) in [5.41, 5.74) is 7.02. The molecule has 144 valence electrons. The minimum Gasteiger partial charge on any atom is -0.329 e. The zero-order valence-electron chi connectivity index (χ0n) is 15.7. The quantitative estimate of drug-likeness (QED) is 0.502. The zero-order valence-corrected chi connectivity index (χ0v) is 17.3. The summed E-state index contributed by atoms with van der Waals surface area (Å²) in [6.07, 6.45) is 3.20. The maximum Gasteiger partial charge on any atom is 0.279 e. The van der Waals surface area contributed by atoms with E-state index >= 15 is 0 Å². The summed E-state index contributed by atoms with van der Waals surface area (Å²) in [6, 6.07) is 8.20. The number of benzene rings is 1. The van der Waals surface area contributed by atoms with Crippen LogP contribution in [0.25, 0.3) is 0 Å². The van der Waals surface area contributed by atoms with E-state index in [-0.39, 0.29) is 22.1 Å². The lowest BCUT2D eigenvalue weighted by molar-refractivity contribution is 0.0948. The minimum atomic E-state index is -0.410. The van der Waals surface area contributed by atoms with Crippen LogP contribution in [0, 0.1) is 17.2 Å². The molecule has 2 aromatic rings. The number of fused-ring (bicyclic) bond motifs is 1. The van der Waals surface area contributed by atoms with Gasteiger partial charge in [0.05, 0.1) is 10.6 Å². The van der Waals surface area contributed by atoms with Crippen molar-refractivity contribution in [2.24, 2.45) is 11.3 Å². The first-order valence-corrected chi connectivity index (χ1v) is 10.2. The number of rotatable bonds is 2. The smallest absolute Gasteiger partial charge is 0.279 e. The molecule has 0 radical (unpaired) electrons. The third-order valence-electron chi connectivity index (χ3n) is 4.94. The van der Waals surface area contributed by atoms with Crippen LogP contribution in [0.15, 0.2) is 30.3 Å². The van der Waals surface area contributed by atoms with Gasteiger partial charge in [-0.3, -0.25) is 15.6 Å². The summed E-state index contributed by atoms with van der Waals surface area (Å²) >= 11 is 6.65. The number of anilines is 1. The van der Waals surface area contributed by atoms with Gasteiger partial charge in [0.2, 0.25) is 0 Å². The van der Waals surface area contributed by atoms with Gasteiger partial charge in [0.25, 0.3) is 5.91 Å². The Hall–Kier alpha value is -1.99. The average Bonchev–Trinajstić information content (AvgIpc) is 3.04. The molecule has 3 rings (SSSR count). The molecule has 0 saturated carbocycles. The second-order valence-electron chi connectivity index (χ2n) is 7.88. The summed E-state index contributed by atoms with van der Waals surface area (Å²) in [5, 5.41) is 2.85. The fourth-order valence-electron chi connectivity index (χ4n) is 3.27. The predicted molar refractivity (Wildman–Crippen MR) is 113 cm³/mol. The predicted octanol–water partition coefficient (Wildman–Crippen LogP) is 4.67. The van der Waals surface area contributed by atoms with E-state index in [1.165, 1.54) is 27.8 Å². The van der Waals surface area contributed by atoms with Crippen LogP contribution in [0.5, 0.6) is 0 Å². The highest BCUT2D eigenvalue weighted by Crippen LogP contribution is 2.40. The van der Waals surface area contributed by atoms with Crippen LogP contribution in [0.3, 0.4) is 0 Å². The monoisotopic (exact) mass is 405 g/mol. The second kappa shape index (κ2) is 7.94. The number of para-hydroxylation sites is 1. The molecule has 0 saturated heterocycles.